The topological polar surface area (TPSA) is 113 Å². The van der Waals surface area contributed by atoms with E-state index in [0.29, 0.717) is 35.4 Å². The lowest BCUT2D eigenvalue weighted by Gasteiger charge is -2.09. The average Bonchev–Trinajstić information content (AvgIpc) is 3.46. The van der Waals surface area contributed by atoms with E-state index < -0.39 is 0 Å². The minimum atomic E-state index is -0.304. The number of furan rings is 1. The van der Waals surface area contributed by atoms with Gasteiger partial charge in [0.1, 0.15) is 6.61 Å². The molecule has 1 N–H and O–H groups in total. The molecule has 154 valence electrons. The summed E-state index contributed by atoms with van der Waals surface area (Å²) in [6.07, 6.45) is 1.44. The zero-order chi connectivity index (χ0) is 20.9. The van der Waals surface area contributed by atoms with Crippen LogP contribution in [-0.2, 0) is 0 Å². The molecule has 0 fully saturated rings. The Morgan fingerprint density at radius 3 is 2.73 bits per heavy atom. The number of nitrogens with one attached hydrogen (secondary N) is 1. The summed E-state index contributed by atoms with van der Waals surface area (Å²) in [5.41, 5.74) is 1.33. The Morgan fingerprint density at radius 1 is 1.10 bits per heavy atom. The molecule has 0 bridgehead atoms. The normalized spacial score (nSPS) is 10.7. The second-order valence-electron chi connectivity index (χ2n) is 6.12. The van der Waals surface area contributed by atoms with Gasteiger partial charge in [-0.1, -0.05) is 0 Å². The van der Waals surface area contributed by atoms with E-state index in [2.05, 4.69) is 20.6 Å². The third-order valence-electron chi connectivity index (χ3n) is 4.26. The highest BCUT2D eigenvalue weighted by Gasteiger charge is 2.14. The second-order valence-corrected chi connectivity index (χ2v) is 6.12. The zero-order valence-electron chi connectivity index (χ0n) is 16.4. The standard InChI is InChI=1S/C20H19N5O5/c1-27-14-6-5-13(12-16(14)28-2)19-23-22-17-7-8-18(24-25(17)19)30-11-9-21-20(26)15-4-3-10-29-15/h3-8,10,12H,9,11H2,1-2H3,(H,21,26). The number of hydrogen-bond acceptors (Lipinski definition) is 8. The van der Waals surface area contributed by atoms with E-state index in [4.69, 9.17) is 18.6 Å². The number of amides is 1. The molecule has 1 amide bonds. The van der Waals surface area contributed by atoms with Crippen molar-refractivity contribution in [1.82, 2.24) is 25.1 Å². The summed E-state index contributed by atoms with van der Waals surface area (Å²) < 4.78 is 22.9. The van der Waals surface area contributed by atoms with Crippen molar-refractivity contribution in [2.24, 2.45) is 0 Å². The van der Waals surface area contributed by atoms with Gasteiger partial charge in [-0.25, -0.2) is 0 Å². The Labute approximate surface area is 171 Å². The van der Waals surface area contributed by atoms with E-state index in [1.165, 1.54) is 6.26 Å². The van der Waals surface area contributed by atoms with Crippen LogP contribution in [0.2, 0.25) is 0 Å². The highest BCUT2D eigenvalue weighted by molar-refractivity contribution is 5.91. The fourth-order valence-corrected chi connectivity index (χ4v) is 2.82. The molecule has 0 radical (unpaired) electrons. The number of ether oxygens (including phenoxy) is 3. The summed E-state index contributed by atoms with van der Waals surface area (Å²) in [7, 11) is 3.14. The number of carbonyl (C=O) groups is 1. The molecule has 30 heavy (non-hydrogen) atoms. The highest BCUT2D eigenvalue weighted by atomic mass is 16.5. The molecule has 10 nitrogen and oxygen atoms in total. The van der Waals surface area contributed by atoms with Crippen LogP contribution in [0.25, 0.3) is 17.0 Å². The number of hydrogen-bond donors (Lipinski definition) is 1. The third kappa shape index (κ3) is 3.88. The van der Waals surface area contributed by atoms with Crippen molar-refractivity contribution in [2.45, 2.75) is 0 Å². The van der Waals surface area contributed by atoms with Gasteiger partial charge in [0.25, 0.3) is 5.91 Å². The number of nitrogens with zero attached hydrogens (tertiary/aromatic N) is 4. The van der Waals surface area contributed by atoms with Gasteiger partial charge < -0.3 is 23.9 Å². The maximum absolute atomic E-state index is 11.8. The van der Waals surface area contributed by atoms with Gasteiger partial charge in [0.15, 0.2) is 28.7 Å². The summed E-state index contributed by atoms with van der Waals surface area (Å²) in [5.74, 6) is 2.04. The molecule has 0 saturated carbocycles. The fourth-order valence-electron chi connectivity index (χ4n) is 2.82. The largest absolute Gasteiger partial charge is 0.493 e. The van der Waals surface area contributed by atoms with Crippen LogP contribution in [0.4, 0.5) is 0 Å². The first kappa shape index (κ1) is 19.2. The molecule has 3 aromatic heterocycles. The zero-order valence-corrected chi connectivity index (χ0v) is 16.4. The summed E-state index contributed by atoms with van der Waals surface area (Å²) in [6.45, 7) is 0.530. The van der Waals surface area contributed by atoms with E-state index in [1.54, 1.807) is 55.1 Å². The van der Waals surface area contributed by atoms with Gasteiger partial charge >= 0.3 is 0 Å². The lowest BCUT2D eigenvalue weighted by molar-refractivity contribution is 0.0919. The SMILES string of the molecule is COc1ccc(-c2nnc3ccc(OCCNC(=O)c4ccco4)nn23)cc1OC. The highest BCUT2D eigenvalue weighted by Crippen LogP contribution is 2.31. The van der Waals surface area contributed by atoms with Gasteiger partial charge in [-0.2, -0.15) is 4.52 Å². The molecule has 3 heterocycles. The van der Waals surface area contributed by atoms with Crippen molar-refractivity contribution in [2.75, 3.05) is 27.4 Å². The van der Waals surface area contributed by atoms with Crippen LogP contribution in [0.15, 0.2) is 53.1 Å². The molecule has 0 aliphatic heterocycles. The second kappa shape index (κ2) is 8.52. The van der Waals surface area contributed by atoms with Crippen LogP contribution >= 0.6 is 0 Å². The van der Waals surface area contributed by atoms with Crippen molar-refractivity contribution in [3.63, 3.8) is 0 Å². The maximum atomic E-state index is 11.8. The van der Waals surface area contributed by atoms with Gasteiger partial charge in [-0.3, -0.25) is 4.79 Å². The average molecular weight is 409 g/mol. The number of methoxy groups -OCH3 is 2. The Balaban J connectivity index is 1.47. The van der Waals surface area contributed by atoms with Crippen LogP contribution in [0.1, 0.15) is 10.6 Å². The van der Waals surface area contributed by atoms with Crippen LogP contribution in [0.3, 0.4) is 0 Å². The number of carbonyl (C=O) groups excluding carboxylic acids is 1. The monoisotopic (exact) mass is 409 g/mol. The first-order valence-corrected chi connectivity index (χ1v) is 9.09. The molecule has 4 rings (SSSR count). The summed E-state index contributed by atoms with van der Waals surface area (Å²) in [6, 6.07) is 12.1. The van der Waals surface area contributed by atoms with E-state index >= 15 is 0 Å². The fraction of sp³-hybridized carbons (Fsp3) is 0.200. The third-order valence-corrected chi connectivity index (χ3v) is 4.26. The van der Waals surface area contributed by atoms with Crippen molar-refractivity contribution < 1.29 is 23.4 Å². The molecule has 1 aromatic carbocycles. The molecule has 0 aliphatic carbocycles. The predicted octanol–water partition coefficient (Wildman–Crippen LogP) is 2.21. The number of rotatable bonds is 8. The molecule has 0 aliphatic rings. The number of benzene rings is 1. The predicted molar refractivity (Wildman–Crippen MR) is 106 cm³/mol. The molecular weight excluding hydrogens is 390 g/mol. The molecule has 0 atom stereocenters. The van der Waals surface area contributed by atoms with Crippen LogP contribution in [0.5, 0.6) is 17.4 Å². The molecule has 10 heteroatoms. The minimum absolute atomic E-state index is 0.235. The Morgan fingerprint density at radius 2 is 1.97 bits per heavy atom. The summed E-state index contributed by atoms with van der Waals surface area (Å²) in [4.78, 5) is 11.8. The van der Waals surface area contributed by atoms with Gasteiger partial charge in [0, 0.05) is 11.6 Å². The molecule has 0 unspecified atom stereocenters. The van der Waals surface area contributed by atoms with E-state index in [9.17, 15) is 4.79 Å². The van der Waals surface area contributed by atoms with E-state index in [0.717, 1.165) is 5.56 Å². The van der Waals surface area contributed by atoms with E-state index in [-0.39, 0.29) is 18.3 Å². The van der Waals surface area contributed by atoms with Gasteiger partial charge in [0.05, 0.1) is 27.0 Å². The van der Waals surface area contributed by atoms with Crippen LogP contribution < -0.4 is 19.5 Å². The molecule has 0 spiro atoms. The molecular formula is C20H19N5O5. The van der Waals surface area contributed by atoms with Crippen molar-refractivity contribution in [1.29, 1.82) is 0 Å². The first-order chi connectivity index (χ1) is 14.7. The minimum Gasteiger partial charge on any atom is -0.493 e. The van der Waals surface area contributed by atoms with Gasteiger partial charge in [0.2, 0.25) is 5.88 Å². The van der Waals surface area contributed by atoms with E-state index in [1.807, 2.05) is 6.07 Å². The lowest BCUT2D eigenvalue weighted by atomic mass is 10.2. The molecule has 0 saturated heterocycles. The smallest absolute Gasteiger partial charge is 0.287 e. The number of fused-ring (bicyclic) bond motifs is 1. The Hall–Kier alpha value is -4.08. The summed E-state index contributed by atoms with van der Waals surface area (Å²) >= 11 is 0. The lowest BCUT2D eigenvalue weighted by Crippen LogP contribution is -2.27. The first-order valence-electron chi connectivity index (χ1n) is 9.09. The van der Waals surface area contributed by atoms with Crippen LogP contribution in [-0.4, -0.2) is 53.1 Å². The van der Waals surface area contributed by atoms with Crippen molar-refractivity contribution in [3.05, 3.63) is 54.5 Å². The quantitative estimate of drug-likeness (QED) is 0.441. The van der Waals surface area contributed by atoms with Gasteiger partial charge in [-0.15, -0.1) is 15.3 Å². The van der Waals surface area contributed by atoms with Crippen molar-refractivity contribution in [3.8, 4) is 28.8 Å². The molecule has 4 aromatic rings. The van der Waals surface area contributed by atoms with Crippen molar-refractivity contribution >= 4 is 11.6 Å². The Kier molecular flexibility index (Phi) is 5.46. The Bertz CT molecular complexity index is 1160. The van der Waals surface area contributed by atoms with Crippen LogP contribution in [0, 0.1) is 0 Å². The maximum Gasteiger partial charge on any atom is 0.287 e. The van der Waals surface area contributed by atoms with Gasteiger partial charge in [-0.05, 0) is 36.4 Å². The summed E-state index contributed by atoms with van der Waals surface area (Å²) in [5, 5.41) is 15.5. The number of aromatic nitrogens is 4.